The Labute approximate surface area is 222 Å². The smallest absolute Gasteiger partial charge is 0.334 e. The van der Waals surface area contributed by atoms with Crippen LogP contribution in [-0.2, 0) is 6.54 Å². The Kier molecular flexibility index (Phi) is 7.44. The van der Waals surface area contributed by atoms with Crippen LogP contribution in [0, 0.1) is 34.2 Å². The first-order chi connectivity index (χ1) is 18.7. The van der Waals surface area contributed by atoms with Crippen molar-refractivity contribution in [3.05, 3.63) is 77.0 Å². The molecule has 2 amide bonds. The van der Waals surface area contributed by atoms with Gasteiger partial charge >= 0.3 is 6.03 Å². The molecular weight excluding hydrogens is 513 g/mol. The van der Waals surface area contributed by atoms with E-state index in [4.69, 9.17) is 14.9 Å². The zero-order valence-electron chi connectivity index (χ0n) is 21.4. The number of aromatic nitrogens is 1. The summed E-state index contributed by atoms with van der Waals surface area (Å²) >= 11 is 0. The molecule has 1 aliphatic heterocycles. The standard InChI is InChI=1S/C27H23F3N6O3/c1-14(32)18(12-33-2)20-8-21-16(11-34-20)13-35(26-24(29)22(38-3)9-23(39-4)25(26)30)27(37)36(21)17-5-6-19(28)15(7-17)10-31/h5-9,11-12,32-33H,13H2,1-4H3/b18-12+,32-14?. The van der Waals surface area contributed by atoms with Gasteiger partial charge in [-0.05, 0) is 31.2 Å². The van der Waals surface area contributed by atoms with Gasteiger partial charge in [0.2, 0.25) is 0 Å². The number of halogens is 3. The average molecular weight is 537 g/mol. The second-order valence-corrected chi connectivity index (χ2v) is 8.41. The Morgan fingerprint density at radius 1 is 1.15 bits per heavy atom. The average Bonchev–Trinajstić information content (AvgIpc) is 2.92. The first-order valence-corrected chi connectivity index (χ1v) is 11.5. The fraction of sp³-hybridized carbons (Fsp3) is 0.185. The molecule has 4 rings (SSSR count). The van der Waals surface area contributed by atoms with Gasteiger partial charge in [0.05, 0.1) is 43.4 Å². The SMILES string of the molecule is CN/C=C(\C(C)=N)c1cc2c(cn1)CN(c1c(F)c(OC)cc(OC)c1F)C(=O)N2c1ccc(F)c(C#N)c1. The minimum Gasteiger partial charge on any atom is -0.493 e. The minimum atomic E-state index is -1.13. The van der Waals surface area contributed by atoms with Gasteiger partial charge < -0.3 is 20.2 Å². The molecule has 39 heavy (non-hydrogen) atoms. The van der Waals surface area contributed by atoms with Crippen molar-refractivity contribution in [3.8, 4) is 17.6 Å². The van der Waals surface area contributed by atoms with Crippen molar-refractivity contribution in [3.63, 3.8) is 0 Å². The van der Waals surface area contributed by atoms with Crippen LogP contribution in [0.1, 0.15) is 23.7 Å². The van der Waals surface area contributed by atoms with E-state index in [2.05, 4.69) is 10.3 Å². The molecule has 0 radical (unpaired) electrons. The minimum absolute atomic E-state index is 0.0717. The molecule has 1 aromatic heterocycles. The molecule has 2 N–H and O–H groups in total. The van der Waals surface area contributed by atoms with Crippen LogP contribution in [0.25, 0.3) is 5.57 Å². The molecule has 9 nitrogen and oxygen atoms in total. The number of nitrogens with one attached hydrogen (secondary N) is 2. The highest BCUT2D eigenvalue weighted by Crippen LogP contribution is 2.43. The number of nitriles is 1. The monoisotopic (exact) mass is 536 g/mol. The molecule has 0 saturated heterocycles. The first-order valence-electron chi connectivity index (χ1n) is 11.5. The lowest BCUT2D eigenvalue weighted by atomic mass is 10.0. The fourth-order valence-corrected chi connectivity index (χ4v) is 4.20. The van der Waals surface area contributed by atoms with Crippen molar-refractivity contribution in [1.82, 2.24) is 10.3 Å². The predicted molar refractivity (Wildman–Crippen MR) is 139 cm³/mol. The number of amides is 2. The highest BCUT2D eigenvalue weighted by atomic mass is 19.1. The molecule has 1 aliphatic rings. The maximum Gasteiger partial charge on any atom is 0.334 e. The van der Waals surface area contributed by atoms with Crippen molar-refractivity contribution in [2.24, 2.45) is 0 Å². The van der Waals surface area contributed by atoms with Crippen LogP contribution in [0.2, 0.25) is 0 Å². The molecule has 12 heteroatoms. The summed E-state index contributed by atoms with van der Waals surface area (Å²) in [5.41, 5.74) is 0.635. The number of rotatable bonds is 7. The van der Waals surface area contributed by atoms with Gasteiger partial charge in [0, 0.05) is 42.4 Å². The largest absolute Gasteiger partial charge is 0.493 e. The van der Waals surface area contributed by atoms with E-state index in [1.54, 1.807) is 32.3 Å². The van der Waals surface area contributed by atoms with Crippen molar-refractivity contribution in [1.29, 1.82) is 10.7 Å². The number of pyridine rings is 1. The summed E-state index contributed by atoms with van der Waals surface area (Å²) in [6, 6.07) is 6.85. The topological polar surface area (TPSA) is 115 Å². The number of carbonyl (C=O) groups is 1. The highest BCUT2D eigenvalue weighted by molar-refractivity contribution is 6.21. The quantitative estimate of drug-likeness (QED) is 0.398. The van der Waals surface area contributed by atoms with Gasteiger partial charge in [-0.3, -0.25) is 14.8 Å². The van der Waals surface area contributed by atoms with E-state index in [1.807, 2.05) is 0 Å². The lowest BCUT2D eigenvalue weighted by Crippen LogP contribution is -2.46. The Balaban J connectivity index is 1.99. The summed E-state index contributed by atoms with van der Waals surface area (Å²) in [5.74, 6) is -3.76. The summed E-state index contributed by atoms with van der Waals surface area (Å²) in [7, 11) is 4.03. The van der Waals surface area contributed by atoms with Crippen LogP contribution < -0.4 is 24.6 Å². The third-order valence-electron chi connectivity index (χ3n) is 6.07. The Morgan fingerprint density at radius 3 is 2.38 bits per heavy atom. The molecule has 2 heterocycles. The first kappa shape index (κ1) is 27.0. The number of urea groups is 1. The third-order valence-corrected chi connectivity index (χ3v) is 6.07. The van der Waals surface area contributed by atoms with Crippen LogP contribution in [0.5, 0.6) is 11.5 Å². The third kappa shape index (κ3) is 4.70. The van der Waals surface area contributed by atoms with E-state index >= 15 is 8.78 Å². The van der Waals surface area contributed by atoms with Crippen molar-refractivity contribution in [2.75, 3.05) is 31.1 Å². The fourth-order valence-electron chi connectivity index (χ4n) is 4.20. The van der Waals surface area contributed by atoms with Crippen molar-refractivity contribution >= 4 is 34.4 Å². The molecule has 200 valence electrons. The number of hydrogen-bond acceptors (Lipinski definition) is 7. The van der Waals surface area contributed by atoms with Gasteiger partial charge in [0.25, 0.3) is 0 Å². The summed E-state index contributed by atoms with van der Waals surface area (Å²) in [6.07, 6.45) is 2.99. The van der Waals surface area contributed by atoms with E-state index in [0.717, 1.165) is 28.0 Å². The zero-order chi connectivity index (χ0) is 28.4. The van der Waals surface area contributed by atoms with Gasteiger partial charge in [0.15, 0.2) is 23.1 Å². The van der Waals surface area contributed by atoms with Crippen LogP contribution in [0.4, 0.5) is 35.0 Å². The van der Waals surface area contributed by atoms with Crippen LogP contribution >= 0.6 is 0 Å². The molecule has 0 aliphatic carbocycles. The van der Waals surface area contributed by atoms with E-state index in [-0.39, 0.29) is 40.7 Å². The number of ether oxygens (including phenoxy) is 2. The second-order valence-electron chi connectivity index (χ2n) is 8.41. The predicted octanol–water partition coefficient (Wildman–Crippen LogP) is 5.27. The van der Waals surface area contributed by atoms with Crippen LogP contribution in [0.3, 0.4) is 0 Å². The summed E-state index contributed by atoms with van der Waals surface area (Å²) in [5, 5.41) is 20.3. The number of allylic oxidation sites excluding steroid dienone is 1. The van der Waals surface area contributed by atoms with Crippen molar-refractivity contribution < 1.29 is 27.4 Å². The lowest BCUT2D eigenvalue weighted by Gasteiger charge is -2.37. The van der Waals surface area contributed by atoms with Gasteiger partial charge in [-0.2, -0.15) is 5.26 Å². The molecule has 0 saturated carbocycles. The number of methoxy groups -OCH3 is 2. The molecular formula is C27H23F3N6O3. The molecule has 3 aromatic rings. The highest BCUT2D eigenvalue weighted by Gasteiger charge is 2.38. The van der Waals surface area contributed by atoms with Gasteiger partial charge in [0.1, 0.15) is 17.6 Å². The zero-order valence-corrected chi connectivity index (χ0v) is 21.4. The summed E-state index contributed by atoms with van der Waals surface area (Å²) in [6.45, 7) is 1.28. The van der Waals surface area contributed by atoms with Gasteiger partial charge in [-0.15, -0.1) is 0 Å². The lowest BCUT2D eigenvalue weighted by molar-refractivity contribution is 0.251. The van der Waals surface area contributed by atoms with E-state index < -0.39 is 29.2 Å². The van der Waals surface area contributed by atoms with Crippen molar-refractivity contribution in [2.45, 2.75) is 13.5 Å². The summed E-state index contributed by atoms with van der Waals surface area (Å²) in [4.78, 5) is 20.4. The second kappa shape index (κ2) is 10.7. The van der Waals surface area contributed by atoms with Gasteiger partial charge in [-0.1, -0.05) is 0 Å². The number of fused-ring (bicyclic) bond motifs is 1. The Bertz CT molecular complexity index is 1540. The van der Waals surface area contributed by atoms with Crippen LogP contribution in [-0.4, -0.2) is 38.0 Å². The maximum absolute atomic E-state index is 15.4. The Hall–Kier alpha value is -5.05. The van der Waals surface area contributed by atoms with Gasteiger partial charge in [-0.25, -0.2) is 18.0 Å². The summed E-state index contributed by atoms with van der Waals surface area (Å²) < 4.78 is 55.1. The molecule has 0 bridgehead atoms. The van der Waals surface area contributed by atoms with Crippen LogP contribution in [0.15, 0.2) is 42.7 Å². The molecule has 0 atom stereocenters. The number of hydrogen-bond donors (Lipinski definition) is 2. The molecule has 0 fully saturated rings. The number of carbonyl (C=O) groups excluding carboxylic acids is 1. The number of benzene rings is 2. The number of anilines is 3. The molecule has 2 aromatic carbocycles. The number of nitrogens with zero attached hydrogens (tertiary/aromatic N) is 4. The van der Waals surface area contributed by atoms with E-state index in [9.17, 15) is 14.4 Å². The normalized spacial score (nSPS) is 13.1. The molecule has 0 spiro atoms. The van der Waals surface area contributed by atoms with E-state index in [1.165, 1.54) is 26.5 Å². The Morgan fingerprint density at radius 2 is 1.82 bits per heavy atom. The maximum atomic E-state index is 15.4. The van der Waals surface area contributed by atoms with E-state index in [0.29, 0.717) is 16.8 Å². The molecule has 0 unspecified atom stereocenters.